The standard InChI is InChI=1S/C23H26N6O2/c30-23(16-1-3-19(4-2-16)29-7-9-31-10-8-29)28-22-12-17-11-20(21-15-24-5-6-25-21)26-13-18(17)14-27-22/h5-6,11-16,19H,1-4,7-10H2,(H,27,28,30)/t16-,19-. The van der Waals surface area contributed by atoms with Crippen LogP contribution in [0.15, 0.2) is 43.1 Å². The smallest absolute Gasteiger partial charge is 0.228 e. The first-order valence-electron chi connectivity index (χ1n) is 10.9. The van der Waals surface area contributed by atoms with Gasteiger partial charge in [0.1, 0.15) is 11.5 Å². The highest BCUT2D eigenvalue weighted by molar-refractivity contribution is 5.94. The molecule has 3 aromatic rings. The second-order valence-electron chi connectivity index (χ2n) is 8.22. The number of hydrogen-bond acceptors (Lipinski definition) is 7. The third-order valence-electron chi connectivity index (χ3n) is 6.31. The maximum atomic E-state index is 12.9. The lowest BCUT2D eigenvalue weighted by molar-refractivity contribution is -0.121. The second kappa shape index (κ2) is 9.03. The van der Waals surface area contributed by atoms with Gasteiger partial charge in [0.15, 0.2) is 0 Å². The van der Waals surface area contributed by atoms with E-state index in [4.69, 9.17) is 4.74 Å². The molecule has 5 rings (SSSR count). The highest BCUT2D eigenvalue weighted by Gasteiger charge is 2.30. The molecule has 8 heteroatoms. The largest absolute Gasteiger partial charge is 0.379 e. The van der Waals surface area contributed by atoms with Crippen molar-refractivity contribution < 1.29 is 9.53 Å². The Morgan fingerprint density at radius 2 is 1.71 bits per heavy atom. The van der Waals surface area contributed by atoms with E-state index in [2.05, 4.69) is 30.2 Å². The summed E-state index contributed by atoms with van der Waals surface area (Å²) in [6.45, 7) is 3.66. The van der Waals surface area contributed by atoms with Gasteiger partial charge in [-0.3, -0.25) is 24.6 Å². The zero-order chi connectivity index (χ0) is 21.0. The zero-order valence-corrected chi connectivity index (χ0v) is 17.4. The molecule has 1 aliphatic heterocycles. The maximum absolute atomic E-state index is 12.9. The molecule has 160 valence electrons. The van der Waals surface area contributed by atoms with Gasteiger partial charge in [0.05, 0.1) is 25.1 Å². The number of hydrogen-bond donors (Lipinski definition) is 1. The molecule has 1 N–H and O–H groups in total. The molecule has 4 heterocycles. The van der Waals surface area contributed by atoms with Gasteiger partial charge in [-0.15, -0.1) is 0 Å². The molecule has 0 aromatic carbocycles. The van der Waals surface area contributed by atoms with Crippen LogP contribution in [0.25, 0.3) is 22.2 Å². The number of anilines is 1. The highest BCUT2D eigenvalue weighted by Crippen LogP contribution is 2.29. The topological polar surface area (TPSA) is 93.1 Å². The van der Waals surface area contributed by atoms with Gasteiger partial charge in [0.25, 0.3) is 0 Å². The monoisotopic (exact) mass is 418 g/mol. The lowest BCUT2D eigenvalue weighted by Gasteiger charge is -2.38. The van der Waals surface area contributed by atoms with E-state index in [1.165, 1.54) is 0 Å². The van der Waals surface area contributed by atoms with Gasteiger partial charge in [-0.1, -0.05) is 0 Å². The van der Waals surface area contributed by atoms with Crippen LogP contribution < -0.4 is 5.32 Å². The van der Waals surface area contributed by atoms with E-state index in [1.807, 2.05) is 12.1 Å². The minimum atomic E-state index is 0.0439. The molecule has 0 radical (unpaired) electrons. The van der Waals surface area contributed by atoms with Gasteiger partial charge >= 0.3 is 0 Å². The quantitative estimate of drug-likeness (QED) is 0.696. The number of fused-ring (bicyclic) bond motifs is 1. The molecule has 0 bridgehead atoms. The van der Waals surface area contributed by atoms with Crippen molar-refractivity contribution in [1.29, 1.82) is 0 Å². The Balaban J connectivity index is 1.24. The molecule has 1 saturated carbocycles. The third kappa shape index (κ3) is 4.55. The van der Waals surface area contributed by atoms with E-state index in [0.29, 0.717) is 17.6 Å². The normalized spacial score (nSPS) is 22.3. The minimum Gasteiger partial charge on any atom is -0.379 e. The molecule has 1 amide bonds. The Morgan fingerprint density at radius 3 is 2.48 bits per heavy atom. The van der Waals surface area contributed by atoms with Crippen LogP contribution in [0, 0.1) is 5.92 Å². The van der Waals surface area contributed by atoms with Gasteiger partial charge < -0.3 is 10.1 Å². The van der Waals surface area contributed by atoms with E-state index in [-0.39, 0.29) is 11.8 Å². The van der Waals surface area contributed by atoms with Crippen molar-refractivity contribution in [1.82, 2.24) is 24.8 Å². The third-order valence-corrected chi connectivity index (χ3v) is 6.31. The fraction of sp³-hybridized carbons (Fsp3) is 0.435. The Labute approximate surface area is 181 Å². The zero-order valence-electron chi connectivity index (χ0n) is 17.4. The lowest BCUT2D eigenvalue weighted by atomic mass is 9.84. The van der Waals surface area contributed by atoms with E-state index in [1.54, 1.807) is 31.0 Å². The van der Waals surface area contributed by atoms with Gasteiger partial charge in [-0.2, -0.15) is 0 Å². The number of morpholine rings is 1. The van der Waals surface area contributed by atoms with E-state index >= 15 is 0 Å². The summed E-state index contributed by atoms with van der Waals surface area (Å²) in [5.41, 5.74) is 1.45. The number of aromatic nitrogens is 4. The average molecular weight is 419 g/mol. The summed E-state index contributed by atoms with van der Waals surface area (Å²) in [4.78, 5) is 32.6. The van der Waals surface area contributed by atoms with Crippen LogP contribution in [-0.2, 0) is 9.53 Å². The van der Waals surface area contributed by atoms with E-state index < -0.39 is 0 Å². The Kier molecular flexibility index (Phi) is 5.82. The average Bonchev–Trinajstić information content (AvgIpc) is 2.85. The first-order valence-corrected chi connectivity index (χ1v) is 10.9. The fourth-order valence-electron chi connectivity index (χ4n) is 4.55. The molecule has 3 aromatic heterocycles. The van der Waals surface area contributed by atoms with Gasteiger partial charge in [-0.05, 0) is 43.2 Å². The summed E-state index contributed by atoms with van der Waals surface area (Å²) in [7, 11) is 0. The number of pyridine rings is 2. The van der Waals surface area contributed by atoms with Crippen molar-refractivity contribution in [2.75, 3.05) is 31.6 Å². The molecule has 31 heavy (non-hydrogen) atoms. The minimum absolute atomic E-state index is 0.0439. The van der Waals surface area contributed by atoms with Crippen LogP contribution in [-0.4, -0.2) is 63.1 Å². The molecule has 8 nitrogen and oxygen atoms in total. The van der Waals surface area contributed by atoms with Crippen LogP contribution >= 0.6 is 0 Å². The summed E-state index contributed by atoms with van der Waals surface area (Å²) in [6, 6.07) is 4.43. The summed E-state index contributed by atoms with van der Waals surface area (Å²) in [5.74, 6) is 0.682. The van der Waals surface area contributed by atoms with Crippen LogP contribution in [0.3, 0.4) is 0 Å². The highest BCUT2D eigenvalue weighted by atomic mass is 16.5. The predicted molar refractivity (Wildman–Crippen MR) is 117 cm³/mol. The van der Waals surface area contributed by atoms with Crippen LogP contribution in [0.1, 0.15) is 25.7 Å². The molecule has 1 saturated heterocycles. The fourth-order valence-corrected chi connectivity index (χ4v) is 4.55. The predicted octanol–water partition coefficient (Wildman–Crippen LogP) is 2.92. The number of ether oxygens (including phenoxy) is 1. The molecular formula is C23H26N6O2. The lowest BCUT2D eigenvalue weighted by Crippen LogP contribution is -2.45. The number of nitrogens with zero attached hydrogens (tertiary/aromatic N) is 5. The van der Waals surface area contributed by atoms with Gasteiger partial charge in [0.2, 0.25) is 5.91 Å². The maximum Gasteiger partial charge on any atom is 0.228 e. The SMILES string of the molecule is O=C(Nc1cc2cc(-c3cnccn3)ncc2cn1)[C@H]1CC[C@H](N2CCOCC2)CC1. The molecule has 0 spiro atoms. The Morgan fingerprint density at radius 1 is 0.903 bits per heavy atom. The molecule has 1 aliphatic carbocycles. The van der Waals surface area contributed by atoms with E-state index in [0.717, 1.165) is 68.5 Å². The number of carbonyl (C=O) groups excluding carboxylic acids is 1. The van der Waals surface area contributed by atoms with Crippen molar-refractivity contribution in [2.24, 2.45) is 5.92 Å². The van der Waals surface area contributed by atoms with Crippen LogP contribution in [0.2, 0.25) is 0 Å². The van der Waals surface area contributed by atoms with Crippen molar-refractivity contribution in [3.63, 3.8) is 0 Å². The summed E-state index contributed by atoms with van der Waals surface area (Å²) < 4.78 is 5.46. The van der Waals surface area contributed by atoms with Crippen LogP contribution in [0.5, 0.6) is 0 Å². The Hall–Kier alpha value is -2.97. The van der Waals surface area contributed by atoms with Crippen molar-refractivity contribution in [3.8, 4) is 11.4 Å². The summed E-state index contributed by atoms with van der Waals surface area (Å²) in [6.07, 6.45) is 12.4. The van der Waals surface area contributed by atoms with Crippen molar-refractivity contribution in [2.45, 2.75) is 31.7 Å². The van der Waals surface area contributed by atoms with Gasteiger partial charge in [0, 0.05) is 55.2 Å². The Bertz CT molecular complexity index is 1050. The van der Waals surface area contributed by atoms with Gasteiger partial charge in [-0.25, -0.2) is 4.98 Å². The summed E-state index contributed by atoms with van der Waals surface area (Å²) >= 11 is 0. The van der Waals surface area contributed by atoms with Crippen LogP contribution in [0.4, 0.5) is 5.82 Å². The van der Waals surface area contributed by atoms with Crippen molar-refractivity contribution >= 4 is 22.5 Å². The van der Waals surface area contributed by atoms with E-state index in [9.17, 15) is 4.79 Å². The summed E-state index contributed by atoms with van der Waals surface area (Å²) in [5, 5.41) is 4.89. The molecule has 0 unspecified atom stereocenters. The van der Waals surface area contributed by atoms with Crippen molar-refractivity contribution in [3.05, 3.63) is 43.1 Å². The number of rotatable bonds is 4. The first kappa shape index (κ1) is 20.0. The molecular weight excluding hydrogens is 392 g/mol. The molecule has 2 aliphatic rings. The number of amides is 1. The second-order valence-corrected chi connectivity index (χ2v) is 8.22. The number of carbonyl (C=O) groups is 1. The first-order chi connectivity index (χ1) is 15.3. The molecule has 0 atom stereocenters. The number of nitrogens with one attached hydrogen (secondary N) is 1. The molecule has 2 fully saturated rings.